The predicted molar refractivity (Wildman–Crippen MR) is 49.3 cm³/mol. The third kappa shape index (κ3) is 3.03. The highest BCUT2D eigenvalue weighted by Crippen LogP contribution is 2.09. The van der Waals surface area contributed by atoms with E-state index in [2.05, 4.69) is 9.82 Å². The zero-order chi connectivity index (χ0) is 10.1. The molecular formula is C6H12N4O2S. The fourth-order valence-corrected chi connectivity index (χ4v) is 1.27. The summed E-state index contributed by atoms with van der Waals surface area (Å²) >= 11 is 0. The fourth-order valence-electron chi connectivity index (χ4n) is 0.837. The van der Waals surface area contributed by atoms with Gasteiger partial charge in [-0.1, -0.05) is 0 Å². The van der Waals surface area contributed by atoms with Crippen molar-refractivity contribution in [2.75, 3.05) is 4.72 Å². The number of nitrogens with two attached hydrogens (primary N) is 1. The number of anilines is 1. The van der Waals surface area contributed by atoms with Crippen LogP contribution >= 0.6 is 0 Å². The van der Waals surface area contributed by atoms with Crippen LogP contribution in [0.4, 0.5) is 5.69 Å². The minimum Gasteiger partial charge on any atom is -0.268 e. The van der Waals surface area contributed by atoms with Crippen molar-refractivity contribution in [1.29, 1.82) is 0 Å². The maximum atomic E-state index is 10.6. The molecule has 0 aliphatic carbocycles. The van der Waals surface area contributed by atoms with Gasteiger partial charge in [-0.2, -0.15) is 13.5 Å². The van der Waals surface area contributed by atoms with Crippen molar-refractivity contribution in [3.05, 3.63) is 12.4 Å². The Morgan fingerprint density at radius 3 is 2.62 bits per heavy atom. The molecule has 1 aromatic rings. The summed E-state index contributed by atoms with van der Waals surface area (Å²) in [6.07, 6.45) is 2.99. The lowest BCUT2D eigenvalue weighted by atomic mass is 10.4. The summed E-state index contributed by atoms with van der Waals surface area (Å²) in [5.74, 6) is 0. The smallest absolute Gasteiger partial charge is 0.268 e. The van der Waals surface area contributed by atoms with E-state index in [4.69, 9.17) is 5.14 Å². The highest BCUT2D eigenvalue weighted by atomic mass is 32.2. The predicted octanol–water partition coefficient (Wildman–Crippen LogP) is 0.0794. The van der Waals surface area contributed by atoms with Crippen molar-refractivity contribution in [2.45, 2.75) is 19.9 Å². The zero-order valence-electron chi connectivity index (χ0n) is 7.43. The van der Waals surface area contributed by atoms with Crippen LogP contribution in [0.15, 0.2) is 12.4 Å². The number of nitrogens with zero attached hydrogens (tertiary/aromatic N) is 2. The number of hydrogen-bond acceptors (Lipinski definition) is 3. The molecule has 74 valence electrons. The van der Waals surface area contributed by atoms with Gasteiger partial charge in [-0.25, -0.2) is 5.14 Å². The minimum atomic E-state index is -3.69. The van der Waals surface area contributed by atoms with Crippen LogP contribution in [0, 0.1) is 0 Å². The zero-order valence-corrected chi connectivity index (χ0v) is 8.25. The van der Waals surface area contributed by atoms with E-state index in [1.807, 2.05) is 13.8 Å². The van der Waals surface area contributed by atoms with E-state index in [9.17, 15) is 8.42 Å². The topological polar surface area (TPSA) is 90.0 Å². The second kappa shape index (κ2) is 3.35. The van der Waals surface area contributed by atoms with Gasteiger partial charge in [0.05, 0.1) is 11.9 Å². The summed E-state index contributed by atoms with van der Waals surface area (Å²) in [5, 5.41) is 8.71. The van der Waals surface area contributed by atoms with Gasteiger partial charge in [0.1, 0.15) is 0 Å². The average molecular weight is 204 g/mol. The molecule has 1 aromatic heterocycles. The van der Waals surface area contributed by atoms with Gasteiger partial charge >= 0.3 is 0 Å². The normalized spacial score (nSPS) is 12.0. The van der Waals surface area contributed by atoms with Gasteiger partial charge in [-0.15, -0.1) is 0 Å². The summed E-state index contributed by atoms with van der Waals surface area (Å²) in [5.41, 5.74) is 0.371. The van der Waals surface area contributed by atoms with Crippen LogP contribution in [0.3, 0.4) is 0 Å². The van der Waals surface area contributed by atoms with E-state index in [1.54, 1.807) is 10.9 Å². The van der Waals surface area contributed by atoms with Gasteiger partial charge < -0.3 is 0 Å². The van der Waals surface area contributed by atoms with Crippen molar-refractivity contribution in [1.82, 2.24) is 9.78 Å². The second-order valence-electron chi connectivity index (χ2n) is 2.95. The first-order valence-corrected chi connectivity index (χ1v) is 5.28. The molecule has 0 bridgehead atoms. The lowest BCUT2D eigenvalue weighted by molar-refractivity contribution is 0.532. The molecule has 0 saturated heterocycles. The molecule has 3 N–H and O–H groups in total. The van der Waals surface area contributed by atoms with Crippen molar-refractivity contribution in [2.24, 2.45) is 5.14 Å². The maximum absolute atomic E-state index is 10.6. The molecule has 6 nitrogen and oxygen atoms in total. The van der Waals surface area contributed by atoms with Gasteiger partial charge in [-0.3, -0.25) is 9.40 Å². The average Bonchev–Trinajstić information content (AvgIpc) is 2.31. The highest BCUT2D eigenvalue weighted by molar-refractivity contribution is 7.90. The van der Waals surface area contributed by atoms with Crippen LogP contribution in [0.25, 0.3) is 0 Å². The molecule has 1 rings (SSSR count). The van der Waals surface area contributed by atoms with Crippen LogP contribution < -0.4 is 9.86 Å². The van der Waals surface area contributed by atoms with E-state index in [0.717, 1.165) is 0 Å². The molecule has 0 radical (unpaired) electrons. The van der Waals surface area contributed by atoms with E-state index >= 15 is 0 Å². The SMILES string of the molecule is CC(C)n1cc(NS(N)(=O)=O)cn1. The Morgan fingerprint density at radius 2 is 2.23 bits per heavy atom. The standard InChI is InChI=1S/C6H12N4O2S/c1-5(2)10-4-6(3-8-10)9-13(7,11)12/h3-5,9H,1-2H3,(H2,7,11,12). The molecule has 0 atom stereocenters. The molecular weight excluding hydrogens is 192 g/mol. The quantitative estimate of drug-likeness (QED) is 0.730. The Bertz CT molecular complexity index is 381. The third-order valence-electron chi connectivity index (χ3n) is 1.39. The van der Waals surface area contributed by atoms with Crippen LogP contribution in [0.5, 0.6) is 0 Å². The molecule has 0 aliphatic heterocycles. The summed E-state index contributed by atoms with van der Waals surface area (Å²) < 4.78 is 25.0. The van der Waals surface area contributed by atoms with Gasteiger partial charge in [0.15, 0.2) is 0 Å². The second-order valence-corrected chi connectivity index (χ2v) is 4.24. The van der Waals surface area contributed by atoms with Gasteiger partial charge in [0.25, 0.3) is 10.2 Å². The van der Waals surface area contributed by atoms with E-state index in [1.165, 1.54) is 6.20 Å². The molecule has 0 saturated carbocycles. The molecule has 0 amide bonds. The summed E-state index contributed by atoms with van der Waals surface area (Å²) in [4.78, 5) is 0. The lowest BCUT2D eigenvalue weighted by Crippen LogP contribution is -2.21. The van der Waals surface area contributed by atoms with Gasteiger partial charge in [0, 0.05) is 12.2 Å². The number of nitrogens with one attached hydrogen (secondary N) is 1. The number of rotatable bonds is 3. The molecule has 0 aliphatic rings. The first-order chi connectivity index (χ1) is 5.88. The largest absolute Gasteiger partial charge is 0.296 e. The lowest BCUT2D eigenvalue weighted by Gasteiger charge is -2.03. The van der Waals surface area contributed by atoms with Crippen molar-refractivity contribution in [3.8, 4) is 0 Å². The molecule has 0 unspecified atom stereocenters. The molecule has 7 heteroatoms. The van der Waals surface area contributed by atoms with E-state index in [0.29, 0.717) is 5.69 Å². The first-order valence-electron chi connectivity index (χ1n) is 3.73. The van der Waals surface area contributed by atoms with E-state index in [-0.39, 0.29) is 6.04 Å². The Kier molecular flexibility index (Phi) is 2.58. The maximum Gasteiger partial charge on any atom is 0.296 e. The van der Waals surface area contributed by atoms with Crippen LogP contribution in [-0.4, -0.2) is 18.2 Å². The Labute approximate surface area is 76.9 Å². The van der Waals surface area contributed by atoms with Crippen molar-refractivity contribution >= 4 is 15.9 Å². The monoisotopic (exact) mass is 204 g/mol. The minimum absolute atomic E-state index is 0.191. The summed E-state index contributed by atoms with van der Waals surface area (Å²) in [6, 6.07) is 0.191. The summed E-state index contributed by atoms with van der Waals surface area (Å²) in [7, 11) is -3.69. The molecule has 0 aromatic carbocycles. The summed E-state index contributed by atoms with van der Waals surface area (Å²) in [6.45, 7) is 3.88. The van der Waals surface area contributed by atoms with E-state index < -0.39 is 10.2 Å². The first kappa shape index (κ1) is 10.0. The molecule has 1 heterocycles. The Hall–Kier alpha value is -1.08. The Balaban J connectivity index is 2.81. The Morgan fingerprint density at radius 1 is 1.62 bits per heavy atom. The molecule has 0 spiro atoms. The van der Waals surface area contributed by atoms with Crippen molar-refractivity contribution in [3.63, 3.8) is 0 Å². The number of hydrogen-bond donors (Lipinski definition) is 2. The highest BCUT2D eigenvalue weighted by Gasteiger charge is 2.05. The van der Waals surface area contributed by atoms with Crippen LogP contribution in [0.2, 0.25) is 0 Å². The molecule has 0 fully saturated rings. The van der Waals surface area contributed by atoms with Crippen LogP contribution in [0.1, 0.15) is 19.9 Å². The third-order valence-corrected chi connectivity index (χ3v) is 1.91. The molecule has 13 heavy (non-hydrogen) atoms. The van der Waals surface area contributed by atoms with Gasteiger partial charge in [0.2, 0.25) is 0 Å². The fraction of sp³-hybridized carbons (Fsp3) is 0.500. The number of aromatic nitrogens is 2. The van der Waals surface area contributed by atoms with Gasteiger partial charge in [-0.05, 0) is 13.8 Å². The van der Waals surface area contributed by atoms with Crippen LogP contribution in [-0.2, 0) is 10.2 Å². The van der Waals surface area contributed by atoms with Crippen molar-refractivity contribution < 1.29 is 8.42 Å².